The van der Waals surface area contributed by atoms with Crippen LogP contribution in [0.1, 0.15) is 36.7 Å². The van der Waals surface area contributed by atoms with Crippen molar-refractivity contribution in [1.29, 1.82) is 0 Å². The quantitative estimate of drug-likeness (QED) is 0.558. The smallest absolute Gasteiger partial charge is 0.407 e. The number of pyridine rings is 1. The SMILES string of the molecule is CC1CN(C(=O)c2ccc3c(Cl)cc(-c4ccc(C(C)(C)O)c(F)c4)nc3c2)CCN1C(=O)O. The summed E-state index contributed by atoms with van der Waals surface area (Å²) >= 11 is 6.47. The minimum absolute atomic E-state index is 0.174. The molecule has 1 aliphatic heterocycles. The zero-order valence-electron chi connectivity index (χ0n) is 19.0. The van der Waals surface area contributed by atoms with Gasteiger partial charge in [-0.2, -0.15) is 0 Å². The van der Waals surface area contributed by atoms with Crippen LogP contribution in [0, 0.1) is 5.82 Å². The number of fused-ring (bicyclic) bond motifs is 1. The van der Waals surface area contributed by atoms with Crippen LogP contribution in [0.25, 0.3) is 22.2 Å². The Morgan fingerprint density at radius 3 is 2.50 bits per heavy atom. The van der Waals surface area contributed by atoms with Gasteiger partial charge in [-0.15, -0.1) is 0 Å². The lowest BCUT2D eigenvalue weighted by molar-refractivity contribution is 0.0507. The maximum Gasteiger partial charge on any atom is 0.407 e. The maximum absolute atomic E-state index is 14.6. The highest BCUT2D eigenvalue weighted by Gasteiger charge is 2.30. The number of hydrogen-bond donors (Lipinski definition) is 2. The molecule has 3 aromatic rings. The lowest BCUT2D eigenvalue weighted by Crippen LogP contribution is -2.55. The fourth-order valence-corrected chi connectivity index (χ4v) is 4.51. The van der Waals surface area contributed by atoms with E-state index in [0.717, 1.165) is 0 Å². The van der Waals surface area contributed by atoms with Gasteiger partial charge < -0.3 is 20.0 Å². The van der Waals surface area contributed by atoms with Crippen LogP contribution >= 0.6 is 11.6 Å². The van der Waals surface area contributed by atoms with Crippen molar-refractivity contribution < 1.29 is 24.2 Å². The molecule has 0 aliphatic carbocycles. The molecule has 7 nitrogen and oxygen atoms in total. The highest BCUT2D eigenvalue weighted by molar-refractivity contribution is 6.35. The van der Waals surface area contributed by atoms with E-state index in [4.69, 9.17) is 11.6 Å². The molecule has 0 radical (unpaired) electrons. The summed E-state index contributed by atoms with van der Waals surface area (Å²) in [6.45, 7) is 5.63. The van der Waals surface area contributed by atoms with Crippen LogP contribution < -0.4 is 0 Å². The number of carboxylic acid groups (broad SMARTS) is 1. The zero-order valence-corrected chi connectivity index (χ0v) is 19.8. The lowest BCUT2D eigenvalue weighted by atomic mass is 9.95. The Labute approximate surface area is 201 Å². The predicted molar refractivity (Wildman–Crippen MR) is 127 cm³/mol. The van der Waals surface area contributed by atoms with Crippen molar-refractivity contribution >= 4 is 34.5 Å². The molecule has 2 heterocycles. The van der Waals surface area contributed by atoms with Gasteiger partial charge in [-0.05, 0) is 45.0 Å². The van der Waals surface area contributed by atoms with Crippen molar-refractivity contribution in [1.82, 2.24) is 14.8 Å². The summed E-state index contributed by atoms with van der Waals surface area (Å²) in [5.41, 5.74) is 0.676. The van der Waals surface area contributed by atoms with E-state index in [-0.39, 0.29) is 24.1 Å². The van der Waals surface area contributed by atoms with Crippen molar-refractivity contribution in [3.05, 3.63) is 64.4 Å². The van der Waals surface area contributed by atoms with Crippen LogP contribution in [0.5, 0.6) is 0 Å². The molecule has 2 aromatic carbocycles. The molecular weight excluding hydrogens is 461 g/mol. The van der Waals surface area contributed by atoms with Crippen molar-refractivity contribution in [2.24, 2.45) is 0 Å². The molecule has 178 valence electrons. The molecule has 1 aliphatic rings. The first-order chi connectivity index (χ1) is 16.0. The summed E-state index contributed by atoms with van der Waals surface area (Å²) in [4.78, 5) is 32.0. The van der Waals surface area contributed by atoms with Crippen LogP contribution in [-0.4, -0.2) is 62.7 Å². The first-order valence-corrected chi connectivity index (χ1v) is 11.3. The number of nitrogens with zero attached hydrogens (tertiary/aromatic N) is 3. The van der Waals surface area contributed by atoms with Crippen LogP contribution in [0.15, 0.2) is 42.5 Å². The van der Waals surface area contributed by atoms with Gasteiger partial charge in [0.2, 0.25) is 0 Å². The van der Waals surface area contributed by atoms with Gasteiger partial charge >= 0.3 is 6.09 Å². The Balaban J connectivity index is 1.66. The molecule has 1 atom stereocenters. The van der Waals surface area contributed by atoms with E-state index >= 15 is 0 Å². The second kappa shape index (κ2) is 8.85. The van der Waals surface area contributed by atoms with Gasteiger partial charge in [0.25, 0.3) is 5.91 Å². The van der Waals surface area contributed by atoms with E-state index in [1.165, 1.54) is 30.9 Å². The number of benzene rings is 2. The monoisotopic (exact) mass is 485 g/mol. The van der Waals surface area contributed by atoms with E-state index < -0.39 is 17.5 Å². The largest absolute Gasteiger partial charge is 0.465 e. The van der Waals surface area contributed by atoms with Gasteiger partial charge in [-0.25, -0.2) is 14.2 Å². The molecule has 2 N–H and O–H groups in total. The summed E-state index contributed by atoms with van der Waals surface area (Å²) in [5.74, 6) is -0.774. The second-order valence-corrected chi connectivity index (χ2v) is 9.46. The lowest BCUT2D eigenvalue weighted by Gasteiger charge is -2.38. The Bertz CT molecular complexity index is 1290. The summed E-state index contributed by atoms with van der Waals surface area (Å²) < 4.78 is 14.6. The molecule has 0 bridgehead atoms. The van der Waals surface area contributed by atoms with E-state index in [2.05, 4.69) is 4.98 Å². The molecule has 2 amide bonds. The molecule has 9 heteroatoms. The predicted octanol–water partition coefficient (Wildman–Crippen LogP) is 4.75. The third-order valence-corrected chi connectivity index (χ3v) is 6.40. The van der Waals surface area contributed by atoms with Crippen LogP contribution in [0.2, 0.25) is 5.02 Å². The van der Waals surface area contributed by atoms with Gasteiger partial charge in [0.1, 0.15) is 5.82 Å². The minimum atomic E-state index is -1.32. The highest BCUT2D eigenvalue weighted by atomic mass is 35.5. The Morgan fingerprint density at radius 1 is 1.15 bits per heavy atom. The number of rotatable bonds is 3. The number of hydrogen-bond acceptors (Lipinski definition) is 4. The number of aromatic nitrogens is 1. The van der Waals surface area contributed by atoms with E-state index in [9.17, 15) is 24.2 Å². The average Bonchev–Trinajstić information content (AvgIpc) is 2.76. The Morgan fingerprint density at radius 2 is 1.88 bits per heavy atom. The van der Waals surface area contributed by atoms with Gasteiger partial charge in [0, 0.05) is 47.8 Å². The topological polar surface area (TPSA) is 94.0 Å². The summed E-state index contributed by atoms with van der Waals surface area (Å²) in [7, 11) is 0. The fraction of sp³-hybridized carbons (Fsp3) is 0.320. The van der Waals surface area contributed by atoms with E-state index in [0.29, 0.717) is 45.8 Å². The number of carbonyl (C=O) groups is 2. The molecule has 1 aromatic heterocycles. The van der Waals surface area contributed by atoms with Crippen LogP contribution in [0.4, 0.5) is 9.18 Å². The van der Waals surface area contributed by atoms with Crippen LogP contribution in [0.3, 0.4) is 0 Å². The molecule has 0 spiro atoms. The highest BCUT2D eigenvalue weighted by Crippen LogP contribution is 2.31. The van der Waals surface area contributed by atoms with E-state index in [1.54, 1.807) is 42.2 Å². The van der Waals surface area contributed by atoms with Gasteiger partial charge in [-0.3, -0.25) is 4.79 Å². The van der Waals surface area contributed by atoms with Gasteiger partial charge in [0.05, 0.1) is 21.8 Å². The van der Waals surface area contributed by atoms with Crippen molar-refractivity contribution in [3.8, 4) is 11.3 Å². The summed E-state index contributed by atoms with van der Waals surface area (Å²) in [6.07, 6.45) is -0.997. The van der Waals surface area contributed by atoms with Gasteiger partial charge in [-0.1, -0.05) is 29.8 Å². The Hall–Kier alpha value is -3.23. The molecule has 4 rings (SSSR count). The average molecular weight is 486 g/mol. The molecular formula is C25H25ClFN3O4. The summed E-state index contributed by atoms with van der Waals surface area (Å²) in [5, 5.41) is 20.4. The van der Waals surface area contributed by atoms with Crippen molar-refractivity contribution in [2.45, 2.75) is 32.4 Å². The third-order valence-electron chi connectivity index (χ3n) is 6.09. The standard InChI is InChI=1S/C25H25ClFN3O4/c1-14-13-29(8-9-30(14)24(32)33)23(31)16-4-6-17-19(26)12-21(28-22(17)11-16)15-5-7-18(20(27)10-15)25(2,3)34/h4-7,10-12,14,34H,8-9,13H2,1-3H3,(H,32,33). The first kappa shape index (κ1) is 23.9. The number of piperazine rings is 1. The minimum Gasteiger partial charge on any atom is -0.465 e. The number of aliphatic hydroxyl groups is 1. The summed E-state index contributed by atoms with van der Waals surface area (Å²) in [6, 6.07) is 10.8. The third kappa shape index (κ3) is 4.56. The molecule has 0 saturated carbocycles. The maximum atomic E-state index is 14.6. The first-order valence-electron chi connectivity index (χ1n) is 10.9. The zero-order chi connectivity index (χ0) is 24.8. The van der Waals surface area contributed by atoms with Crippen LogP contribution in [-0.2, 0) is 5.60 Å². The van der Waals surface area contributed by atoms with Crippen molar-refractivity contribution in [2.75, 3.05) is 19.6 Å². The van der Waals surface area contributed by atoms with Gasteiger partial charge in [0.15, 0.2) is 0 Å². The molecule has 1 fully saturated rings. The number of amides is 2. The van der Waals surface area contributed by atoms with E-state index in [1.807, 2.05) is 0 Å². The number of halogens is 2. The number of carbonyl (C=O) groups excluding carboxylic acids is 1. The molecule has 1 saturated heterocycles. The second-order valence-electron chi connectivity index (χ2n) is 9.05. The fourth-order valence-electron chi connectivity index (χ4n) is 4.25. The Kier molecular flexibility index (Phi) is 6.22. The molecule has 34 heavy (non-hydrogen) atoms. The normalized spacial score (nSPS) is 16.7. The molecule has 1 unspecified atom stereocenters. The van der Waals surface area contributed by atoms with Crippen molar-refractivity contribution in [3.63, 3.8) is 0 Å².